The average molecular weight is 1620 g/mol. The molecule has 9 N–H and O–H groups in total. The standard InChI is InChI=1S/C63H89N19O12.2Gd/c1-4-75-21-22-76(5-2)24-28-80(41-55(86)87)34-31-78(27-23-75)39-53(84)68-47-13-11-46(12-14-47)67-52(83)20-19-51(72-60(92)44-7-9-45(10-8-44)65-37-50-38-66-59-58(70-50)62(94)74-63(64)73-59)61(93)71-49-17-15-48(16-18-49)69-54(85)40-79-32-35-81(42-56(88)89)29-25-77(6-3)26-30-82(36-33-79)43-57(90)91;;/h7-18,38,51,65H,4-6,19-37,39-43H2,1-3H3,(H,67,83)(H,68,84)(H,69,85)(H,71,93)(H,72,92)(H,86,87)(H,88,89)(H,90,91)(H3,64,66,73,74,94);;/q;2*+3/p-3. The second kappa shape index (κ2) is 41.7. The Balaban J connectivity index is 0.00000833. The molecule has 2 radical (unpaired) electrons. The summed E-state index contributed by atoms with van der Waals surface area (Å²) in [6, 6.07) is 17.8. The Morgan fingerprint density at radius 1 is 0.490 bits per heavy atom. The summed E-state index contributed by atoms with van der Waals surface area (Å²) in [6.07, 6.45) is 1.07. The van der Waals surface area contributed by atoms with Gasteiger partial charge in [-0.2, -0.15) is 4.98 Å². The number of carbonyl (C=O) groups is 8. The second-order valence-corrected chi connectivity index (χ2v) is 23.1. The number of hydrogen-bond acceptors (Lipinski definition) is 25. The normalized spacial score (nSPS) is 16.3. The number of hydrogen-bond donors (Lipinski definition) is 8. The number of aliphatic carboxylic acids is 3. The van der Waals surface area contributed by atoms with E-state index in [1.54, 1.807) is 70.5 Å². The molecule has 7 rings (SSSR count). The third-order valence-electron chi connectivity index (χ3n) is 16.3. The molecule has 0 saturated carbocycles. The van der Waals surface area contributed by atoms with Gasteiger partial charge in [-0.15, -0.1) is 0 Å². The molecule has 31 nitrogen and oxygen atoms in total. The first-order valence-corrected chi connectivity index (χ1v) is 31.6. The fourth-order valence-corrected chi connectivity index (χ4v) is 10.8. The number of anilines is 6. The van der Waals surface area contributed by atoms with Crippen LogP contribution >= 0.6 is 0 Å². The van der Waals surface area contributed by atoms with Crippen LogP contribution in [0.5, 0.6) is 0 Å². The van der Waals surface area contributed by atoms with Gasteiger partial charge < -0.3 is 82.0 Å². The molecule has 5 amide bonds. The molecular formula is C63H86Gd2N19O12+3. The first-order valence-electron chi connectivity index (χ1n) is 31.6. The van der Waals surface area contributed by atoms with Gasteiger partial charge in [-0.25, -0.2) is 9.97 Å². The number of likely N-dealkylation sites (N-methyl/N-ethyl adjacent to an activating group) is 3. The number of rotatable bonds is 26. The summed E-state index contributed by atoms with van der Waals surface area (Å²) >= 11 is 0. The van der Waals surface area contributed by atoms with Crippen molar-refractivity contribution in [2.45, 2.75) is 46.2 Å². The molecule has 518 valence electrons. The number of benzene rings is 3. The molecule has 1 atom stereocenters. The van der Waals surface area contributed by atoms with Crippen LogP contribution in [0.3, 0.4) is 0 Å². The van der Waals surface area contributed by atoms with Crippen molar-refractivity contribution in [3.8, 4) is 0 Å². The van der Waals surface area contributed by atoms with E-state index >= 15 is 0 Å². The zero-order chi connectivity index (χ0) is 67.5. The fraction of sp³-hybridized carbons (Fsp3) is 0.492. The van der Waals surface area contributed by atoms with Crippen LogP contribution in [0.2, 0.25) is 0 Å². The summed E-state index contributed by atoms with van der Waals surface area (Å²) in [5, 5.41) is 52.2. The van der Waals surface area contributed by atoms with E-state index in [4.69, 9.17) is 5.73 Å². The number of aromatic nitrogens is 4. The van der Waals surface area contributed by atoms with Gasteiger partial charge in [0.25, 0.3) is 11.5 Å². The minimum Gasteiger partial charge on any atom is -0.549 e. The number of aromatic amines is 1. The van der Waals surface area contributed by atoms with Gasteiger partial charge in [0.15, 0.2) is 11.2 Å². The van der Waals surface area contributed by atoms with Crippen molar-refractivity contribution in [1.82, 2.24) is 64.5 Å². The molecular weight excluding hydrogens is 1530 g/mol. The summed E-state index contributed by atoms with van der Waals surface area (Å²) in [4.78, 5) is 147. The Morgan fingerprint density at radius 3 is 1.23 bits per heavy atom. The van der Waals surface area contributed by atoms with Gasteiger partial charge in [0.1, 0.15) is 6.04 Å². The molecule has 0 aliphatic carbocycles. The number of carboxylic acid groups (broad SMARTS) is 3. The second-order valence-electron chi connectivity index (χ2n) is 23.1. The van der Waals surface area contributed by atoms with Crippen LogP contribution in [0.1, 0.15) is 49.7 Å². The van der Waals surface area contributed by atoms with Crippen molar-refractivity contribution >= 4 is 93.0 Å². The van der Waals surface area contributed by atoms with Crippen molar-refractivity contribution in [2.24, 2.45) is 0 Å². The maximum atomic E-state index is 14.2. The molecule has 0 bridgehead atoms. The van der Waals surface area contributed by atoms with Crippen LogP contribution in [-0.2, 0) is 40.1 Å². The summed E-state index contributed by atoms with van der Waals surface area (Å²) in [5.74, 6) is -6.13. The van der Waals surface area contributed by atoms with Crippen LogP contribution in [0.15, 0.2) is 83.8 Å². The Bertz CT molecular complexity index is 3380. The molecule has 0 spiro atoms. The molecule has 2 saturated heterocycles. The summed E-state index contributed by atoms with van der Waals surface area (Å²) in [6.45, 7) is 16.2. The number of amides is 5. The van der Waals surface area contributed by atoms with Crippen LogP contribution in [0, 0.1) is 79.9 Å². The number of carbonyl (C=O) groups excluding carboxylic acids is 8. The third kappa shape index (κ3) is 28.2. The van der Waals surface area contributed by atoms with Gasteiger partial charge in [0.2, 0.25) is 29.6 Å². The van der Waals surface area contributed by atoms with Crippen LogP contribution < -0.4 is 58.5 Å². The molecule has 3 aromatic carbocycles. The smallest absolute Gasteiger partial charge is 0.549 e. The molecule has 33 heteroatoms. The van der Waals surface area contributed by atoms with Gasteiger partial charge >= 0.3 is 79.9 Å². The topological polar surface area (TPSA) is 401 Å². The van der Waals surface area contributed by atoms with Gasteiger partial charge in [0, 0.05) is 165 Å². The monoisotopic (exact) mass is 1620 g/mol. The van der Waals surface area contributed by atoms with E-state index in [-0.39, 0.29) is 161 Å². The van der Waals surface area contributed by atoms with E-state index in [9.17, 15) is 58.5 Å². The van der Waals surface area contributed by atoms with Crippen molar-refractivity contribution < 1.29 is 134 Å². The van der Waals surface area contributed by atoms with E-state index < -0.39 is 53.1 Å². The zero-order valence-corrected chi connectivity index (χ0v) is 58.8. The number of fused-ring (bicyclic) bond motifs is 1. The molecule has 1 unspecified atom stereocenters. The number of nitrogens with two attached hydrogens (primary N) is 1. The number of H-pyrrole nitrogens is 1. The predicted molar refractivity (Wildman–Crippen MR) is 348 cm³/mol. The Kier molecular flexibility index (Phi) is 34.9. The van der Waals surface area contributed by atoms with Crippen LogP contribution in [0.4, 0.5) is 34.4 Å². The van der Waals surface area contributed by atoms with Gasteiger partial charge in [-0.3, -0.25) is 58.3 Å². The van der Waals surface area contributed by atoms with E-state index in [0.29, 0.717) is 126 Å². The quantitative estimate of drug-likeness (QED) is 0.0269. The molecule has 2 aliphatic rings. The molecule has 5 aromatic rings. The largest absolute Gasteiger partial charge is 3.00 e. The zero-order valence-electron chi connectivity index (χ0n) is 54.3. The van der Waals surface area contributed by atoms with Crippen molar-refractivity contribution in [3.05, 3.63) is 101 Å². The Morgan fingerprint density at radius 2 is 0.844 bits per heavy atom. The Labute approximate surface area is 621 Å². The fourth-order valence-electron chi connectivity index (χ4n) is 10.8. The molecule has 2 aromatic heterocycles. The molecule has 2 fully saturated rings. The number of nitrogen functional groups attached to an aromatic ring is 1. The maximum Gasteiger partial charge on any atom is 3.00 e. The van der Waals surface area contributed by atoms with Crippen molar-refractivity contribution in [1.29, 1.82) is 0 Å². The summed E-state index contributed by atoms with van der Waals surface area (Å²) < 4.78 is 0. The average Bonchev–Trinajstić information content (AvgIpc) is 0.827. The van der Waals surface area contributed by atoms with Crippen LogP contribution in [-0.4, -0.2) is 270 Å². The Hall–Kier alpha value is -6.43. The first kappa shape index (κ1) is 80.3. The summed E-state index contributed by atoms with van der Waals surface area (Å²) in [7, 11) is 0. The molecule has 4 heterocycles. The molecule has 96 heavy (non-hydrogen) atoms. The summed E-state index contributed by atoms with van der Waals surface area (Å²) in [5.41, 5.74) is 7.95. The minimum absolute atomic E-state index is 0. The predicted octanol–water partition coefficient (Wildman–Crippen LogP) is -3.31. The van der Waals surface area contributed by atoms with Gasteiger partial charge in [-0.05, 0) is 98.9 Å². The maximum absolute atomic E-state index is 14.2. The van der Waals surface area contributed by atoms with Crippen LogP contribution in [0.25, 0.3) is 11.2 Å². The number of nitrogens with zero attached hydrogens (tertiary/aromatic N) is 11. The van der Waals surface area contributed by atoms with Gasteiger partial charge in [0.05, 0.1) is 49.4 Å². The number of nitrogens with one attached hydrogen (secondary N) is 7. The number of carboxylic acids is 3. The molecule has 2 aliphatic heterocycles. The SMILES string of the molecule is CCN1CCN(CC)CCN(CC(=O)Nc2ccc(NC(=O)CCC(NC(=O)c3ccc(NCc4cnc5nc(N)[nH]c(=O)c5n4)cc3)C(=O)Nc3ccc(NC(=O)CN4CCN(CC(=O)[O-])CCN(CC)CCN(CC(=O)[O-])CC4)cc3)cc2)CCN(CC(=O)[O-])CC1.[Gd+3].[Gd+3]. The van der Waals surface area contributed by atoms with E-state index in [1.165, 1.54) is 18.3 Å². The third-order valence-corrected chi connectivity index (χ3v) is 16.3. The van der Waals surface area contributed by atoms with Crippen molar-refractivity contribution in [2.75, 3.05) is 189 Å². The van der Waals surface area contributed by atoms with E-state index in [0.717, 1.165) is 32.7 Å². The van der Waals surface area contributed by atoms with Gasteiger partial charge in [-0.1, -0.05) is 20.8 Å². The minimum atomic E-state index is -1.26. The van der Waals surface area contributed by atoms with Crippen molar-refractivity contribution in [3.63, 3.8) is 0 Å². The van der Waals surface area contributed by atoms with E-state index in [2.05, 4.69) is 80.4 Å². The van der Waals surface area contributed by atoms with E-state index in [1.807, 2.05) is 21.6 Å². The first-order chi connectivity index (χ1) is 45.2.